The molecule has 7 heteroatoms. The van der Waals surface area contributed by atoms with E-state index < -0.39 is 0 Å². The molecule has 1 aromatic carbocycles. The van der Waals surface area contributed by atoms with Crippen LogP contribution in [0.25, 0.3) is 22.3 Å². The van der Waals surface area contributed by atoms with Gasteiger partial charge in [-0.1, -0.05) is 17.3 Å². The van der Waals surface area contributed by atoms with Gasteiger partial charge in [0.25, 0.3) is 0 Å². The van der Waals surface area contributed by atoms with Gasteiger partial charge >= 0.3 is 0 Å². The summed E-state index contributed by atoms with van der Waals surface area (Å²) in [5, 5.41) is 7.89. The second-order valence-electron chi connectivity index (χ2n) is 5.58. The molecule has 4 rings (SSSR count). The second kappa shape index (κ2) is 6.56. The summed E-state index contributed by atoms with van der Waals surface area (Å²) in [6, 6.07) is 11.5. The Morgan fingerprint density at radius 1 is 1.24 bits per heavy atom. The molecule has 0 spiro atoms. The fraction of sp³-hybridized carbons (Fsp3) is 0.111. The predicted octanol–water partition coefficient (Wildman–Crippen LogP) is 3.18. The molecule has 3 heterocycles. The van der Waals surface area contributed by atoms with Gasteiger partial charge in [0.2, 0.25) is 17.6 Å². The molecule has 0 saturated heterocycles. The number of fused-ring (bicyclic) bond motifs is 1. The van der Waals surface area contributed by atoms with Gasteiger partial charge in [-0.05, 0) is 29.7 Å². The Labute approximate surface area is 143 Å². The van der Waals surface area contributed by atoms with Crippen LogP contribution in [0.5, 0.6) is 0 Å². The Kier molecular flexibility index (Phi) is 3.96. The summed E-state index contributed by atoms with van der Waals surface area (Å²) in [4.78, 5) is 23.4. The molecule has 124 valence electrons. The number of hydrogen-bond donors (Lipinski definition) is 2. The number of carbonyl (C=O) groups is 1. The Hall–Kier alpha value is -3.48. The largest absolute Gasteiger partial charge is 0.361 e. The quantitative estimate of drug-likeness (QED) is 0.584. The molecule has 3 aromatic heterocycles. The zero-order valence-corrected chi connectivity index (χ0v) is 13.3. The fourth-order valence-electron chi connectivity index (χ4n) is 2.54. The van der Waals surface area contributed by atoms with Crippen molar-refractivity contribution in [2.75, 3.05) is 5.32 Å². The lowest BCUT2D eigenvalue weighted by Gasteiger charge is -2.02. The number of aryl methyl sites for hydroxylation is 1. The molecule has 0 aliphatic heterocycles. The highest BCUT2D eigenvalue weighted by Crippen LogP contribution is 2.21. The maximum absolute atomic E-state index is 11.9. The lowest BCUT2D eigenvalue weighted by molar-refractivity contribution is -0.116. The average molecular weight is 333 g/mol. The van der Waals surface area contributed by atoms with E-state index in [9.17, 15) is 4.79 Å². The van der Waals surface area contributed by atoms with Crippen molar-refractivity contribution in [3.8, 4) is 11.4 Å². The summed E-state index contributed by atoms with van der Waals surface area (Å²) in [7, 11) is 0. The first-order valence-corrected chi connectivity index (χ1v) is 7.88. The summed E-state index contributed by atoms with van der Waals surface area (Å²) >= 11 is 0. The number of amides is 1. The first kappa shape index (κ1) is 15.1. The van der Waals surface area contributed by atoms with Crippen molar-refractivity contribution in [3.63, 3.8) is 0 Å². The lowest BCUT2D eigenvalue weighted by atomic mass is 10.1. The monoisotopic (exact) mass is 333 g/mol. The number of pyridine rings is 1. The van der Waals surface area contributed by atoms with Crippen LogP contribution in [-0.4, -0.2) is 26.0 Å². The minimum Gasteiger partial charge on any atom is -0.361 e. The van der Waals surface area contributed by atoms with Gasteiger partial charge < -0.3 is 14.8 Å². The molecule has 0 saturated carbocycles. The SMILES string of the molecule is O=C(CCc1nc(-c2ccc3cc[nH]c3c2)no1)Nc1cccnc1. The van der Waals surface area contributed by atoms with Crippen LogP contribution in [-0.2, 0) is 11.2 Å². The maximum atomic E-state index is 11.9. The number of rotatable bonds is 5. The number of nitrogens with zero attached hydrogens (tertiary/aromatic N) is 3. The molecule has 0 fully saturated rings. The Bertz CT molecular complexity index is 1010. The summed E-state index contributed by atoms with van der Waals surface area (Å²) in [6.07, 6.45) is 5.77. The number of aromatic nitrogens is 4. The van der Waals surface area contributed by atoms with Crippen LogP contribution in [0.2, 0.25) is 0 Å². The molecular formula is C18H15N5O2. The molecule has 1 amide bonds. The molecular weight excluding hydrogens is 318 g/mol. The maximum Gasteiger partial charge on any atom is 0.227 e. The summed E-state index contributed by atoms with van der Waals surface area (Å²) in [5.74, 6) is 0.822. The van der Waals surface area contributed by atoms with E-state index in [-0.39, 0.29) is 12.3 Å². The molecule has 0 bridgehead atoms. The first-order valence-electron chi connectivity index (χ1n) is 7.88. The fourth-order valence-corrected chi connectivity index (χ4v) is 2.54. The van der Waals surface area contributed by atoms with Gasteiger partial charge in [0.15, 0.2) is 0 Å². The Balaban J connectivity index is 1.40. The molecule has 0 unspecified atom stereocenters. The third kappa shape index (κ3) is 3.40. The van der Waals surface area contributed by atoms with E-state index in [0.717, 1.165) is 16.5 Å². The summed E-state index contributed by atoms with van der Waals surface area (Å²) in [5.41, 5.74) is 2.54. The average Bonchev–Trinajstić information content (AvgIpc) is 3.29. The van der Waals surface area contributed by atoms with Crippen LogP contribution in [0.3, 0.4) is 0 Å². The van der Waals surface area contributed by atoms with E-state index in [1.54, 1.807) is 24.5 Å². The van der Waals surface area contributed by atoms with Crippen molar-refractivity contribution >= 4 is 22.5 Å². The van der Waals surface area contributed by atoms with Gasteiger partial charge in [-0.15, -0.1) is 0 Å². The third-order valence-electron chi connectivity index (χ3n) is 3.79. The van der Waals surface area contributed by atoms with Gasteiger partial charge in [-0.25, -0.2) is 0 Å². The minimum absolute atomic E-state index is 0.124. The van der Waals surface area contributed by atoms with Crippen LogP contribution < -0.4 is 5.32 Å². The van der Waals surface area contributed by atoms with Crippen LogP contribution in [0.15, 0.2) is 59.5 Å². The number of carbonyl (C=O) groups excluding carboxylic acids is 1. The molecule has 0 radical (unpaired) electrons. The summed E-state index contributed by atoms with van der Waals surface area (Å²) in [6.45, 7) is 0. The first-order chi connectivity index (χ1) is 12.3. The van der Waals surface area contributed by atoms with Gasteiger partial charge in [0.05, 0.1) is 11.9 Å². The topological polar surface area (TPSA) is 96.7 Å². The van der Waals surface area contributed by atoms with Crippen LogP contribution in [0.4, 0.5) is 5.69 Å². The van der Waals surface area contributed by atoms with Crippen molar-refractivity contribution in [1.29, 1.82) is 0 Å². The number of nitrogens with one attached hydrogen (secondary N) is 2. The van der Waals surface area contributed by atoms with Gasteiger partial charge in [0, 0.05) is 36.3 Å². The van der Waals surface area contributed by atoms with Crippen LogP contribution in [0, 0.1) is 0 Å². The lowest BCUT2D eigenvalue weighted by Crippen LogP contribution is -2.12. The highest BCUT2D eigenvalue weighted by atomic mass is 16.5. The molecule has 7 nitrogen and oxygen atoms in total. The number of hydrogen-bond acceptors (Lipinski definition) is 5. The molecule has 2 N–H and O–H groups in total. The normalized spacial score (nSPS) is 10.9. The zero-order chi connectivity index (χ0) is 17.1. The Morgan fingerprint density at radius 2 is 2.20 bits per heavy atom. The van der Waals surface area contributed by atoms with Crippen molar-refractivity contribution in [2.45, 2.75) is 12.8 Å². The molecule has 0 atom stereocenters. The molecule has 4 aromatic rings. The predicted molar refractivity (Wildman–Crippen MR) is 92.8 cm³/mol. The van der Waals surface area contributed by atoms with Gasteiger partial charge in [-0.2, -0.15) is 4.98 Å². The minimum atomic E-state index is -0.124. The van der Waals surface area contributed by atoms with Gasteiger partial charge in [-0.3, -0.25) is 9.78 Å². The number of anilines is 1. The highest BCUT2D eigenvalue weighted by molar-refractivity contribution is 5.90. The standard InChI is InChI=1S/C18H15N5O2/c24-16(21-14-2-1-8-19-11-14)5-6-17-22-18(23-25-17)13-4-3-12-7-9-20-15(12)10-13/h1-4,7-11,20H,5-6H2,(H,21,24). The van der Waals surface area contributed by atoms with Crippen molar-refractivity contribution in [3.05, 3.63) is 60.9 Å². The van der Waals surface area contributed by atoms with E-state index in [4.69, 9.17) is 4.52 Å². The second-order valence-corrected chi connectivity index (χ2v) is 5.58. The highest BCUT2D eigenvalue weighted by Gasteiger charge is 2.11. The van der Waals surface area contributed by atoms with E-state index in [0.29, 0.717) is 23.8 Å². The van der Waals surface area contributed by atoms with E-state index in [1.807, 2.05) is 30.5 Å². The third-order valence-corrected chi connectivity index (χ3v) is 3.79. The number of aromatic amines is 1. The van der Waals surface area contributed by atoms with Crippen molar-refractivity contribution < 1.29 is 9.32 Å². The van der Waals surface area contributed by atoms with E-state index in [1.165, 1.54) is 0 Å². The molecule has 0 aliphatic carbocycles. The molecule has 0 aliphatic rings. The zero-order valence-electron chi connectivity index (χ0n) is 13.3. The van der Waals surface area contributed by atoms with Crippen molar-refractivity contribution in [1.82, 2.24) is 20.1 Å². The number of H-pyrrole nitrogens is 1. The van der Waals surface area contributed by atoms with Crippen molar-refractivity contribution in [2.24, 2.45) is 0 Å². The van der Waals surface area contributed by atoms with E-state index >= 15 is 0 Å². The molecule has 25 heavy (non-hydrogen) atoms. The van der Waals surface area contributed by atoms with Gasteiger partial charge in [0.1, 0.15) is 0 Å². The summed E-state index contributed by atoms with van der Waals surface area (Å²) < 4.78 is 5.25. The van der Waals surface area contributed by atoms with Crippen LogP contribution in [0.1, 0.15) is 12.3 Å². The van der Waals surface area contributed by atoms with Crippen LogP contribution >= 0.6 is 0 Å². The number of benzene rings is 1. The van der Waals surface area contributed by atoms with E-state index in [2.05, 4.69) is 25.4 Å². The Morgan fingerprint density at radius 3 is 3.08 bits per heavy atom. The smallest absolute Gasteiger partial charge is 0.227 e.